The predicted molar refractivity (Wildman–Crippen MR) is 109 cm³/mol. The fourth-order valence-electron chi connectivity index (χ4n) is 2.41. The Kier molecular flexibility index (Phi) is 11.3. The van der Waals surface area contributed by atoms with E-state index in [2.05, 4.69) is 6.92 Å². The first-order valence-electron chi connectivity index (χ1n) is 9.27. The quantitative estimate of drug-likeness (QED) is 0.366. The van der Waals surface area contributed by atoms with Gasteiger partial charge in [-0.2, -0.15) is 0 Å². The second-order valence-corrected chi connectivity index (χ2v) is 6.25. The van der Waals surface area contributed by atoms with Gasteiger partial charge in [-0.05, 0) is 49.6 Å². The molecular formula is C21H28ClF2NO3. The van der Waals surface area contributed by atoms with Crippen LogP contribution in [0.2, 0.25) is 0 Å². The molecule has 0 spiro atoms. The summed E-state index contributed by atoms with van der Waals surface area (Å²) in [6.45, 7) is 3.78. The van der Waals surface area contributed by atoms with Gasteiger partial charge in [-0.15, -0.1) is 12.4 Å². The molecule has 0 aromatic heterocycles. The molecule has 2 aromatic rings. The molecule has 0 fully saturated rings. The molecule has 7 heteroatoms. The first-order chi connectivity index (χ1) is 13.1. The molecule has 4 nitrogen and oxygen atoms in total. The highest BCUT2D eigenvalue weighted by Gasteiger charge is 2.05. The maximum atomic E-state index is 13.5. The molecule has 0 amide bonds. The summed E-state index contributed by atoms with van der Waals surface area (Å²) in [6.07, 6.45) is 3.60. The maximum absolute atomic E-state index is 13.5. The molecule has 0 aliphatic carbocycles. The maximum Gasteiger partial charge on any atom is 0.142 e. The van der Waals surface area contributed by atoms with E-state index in [0.717, 1.165) is 49.6 Å². The molecule has 156 valence electrons. The molecule has 0 atom stereocenters. The minimum absolute atomic E-state index is 0. The van der Waals surface area contributed by atoms with E-state index in [1.165, 1.54) is 0 Å². The first-order valence-corrected chi connectivity index (χ1v) is 9.27. The SMILES string of the molecule is CCCCOc1ccc(OCCCCOCc2cc(F)ccc2F)c(N)c1.Cl. The average Bonchev–Trinajstić information content (AvgIpc) is 2.65. The zero-order chi connectivity index (χ0) is 19.5. The Bertz CT molecular complexity index is 716. The highest BCUT2D eigenvalue weighted by Crippen LogP contribution is 2.26. The monoisotopic (exact) mass is 415 g/mol. The molecule has 0 saturated carbocycles. The number of unbranched alkanes of at least 4 members (excludes halogenated alkanes) is 2. The molecule has 0 bridgehead atoms. The third-order valence-corrected chi connectivity index (χ3v) is 3.95. The van der Waals surface area contributed by atoms with E-state index < -0.39 is 11.6 Å². The van der Waals surface area contributed by atoms with Crippen molar-refractivity contribution in [1.82, 2.24) is 0 Å². The molecule has 0 saturated heterocycles. The van der Waals surface area contributed by atoms with Gasteiger partial charge in [0, 0.05) is 18.2 Å². The lowest BCUT2D eigenvalue weighted by atomic mass is 10.2. The molecule has 0 unspecified atom stereocenters. The van der Waals surface area contributed by atoms with Crippen molar-refractivity contribution in [2.24, 2.45) is 0 Å². The lowest BCUT2D eigenvalue weighted by molar-refractivity contribution is 0.111. The average molecular weight is 416 g/mol. The fourth-order valence-corrected chi connectivity index (χ4v) is 2.41. The van der Waals surface area contributed by atoms with Crippen molar-refractivity contribution >= 4 is 18.1 Å². The molecule has 2 N–H and O–H groups in total. The van der Waals surface area contributed by atoms with Crippen molar-refractivity contribution in [2.45, 2.75) is 39.2 Å². The van der Waals surface area contributed by atoms with E-state index >= 15 is 0 Å². The molecular weight excluding hydrogens is 388 g/mol. The van der Waals surface area contributed by atoms with Crippen LogP contribution in [0.15, 0.2) is 36.4 Å². The Morgan fingerprint density at radius 2 is 1.64 bits per heavy atom. The Hall–Kier alpha value is -2.05. The van der Waals surface area contributed by atoms with Crippen molar-refractivity contribution in [2.75, 3.05) is 25.6 Å². The van der Waals surface area contributed by atoms with Gasteiger partial charge in [-0.3, -0.25) is 0 Å². The number of hydrogen-bond acceptors (Lipinski definition) is 4. The zero-order valence-corrected chi connectivity index (χ0v) is 16.9. The smallest absolute Gasteiger partial charge is 0.142 e. The third kappa shape index (κ3) is 8.31. The number of benzene rings is 2. The van der Waals surface area contributed by atoms with Crippen LogP contribution in [0.3, 0.4) is 0 Å². The van der Waals surface area contributed by atoms with Crippen LogP contribution in [0.1, 0.15) is 38.2 Å². The van der Waals surface area contributed by atoms with Crippen LogP contribution in [0.4, 0.5) is 14.5 Å². The van der Waals surface area contributed by atoms with Crippen LogP contribution in [0.25, 0.3) is 0 Å². The van der Waals surface area contributed by atoms with E-state index in [-0.39, 0.29) is 24.6 Å². The molecule has 2 aromatic carbocycles. The summed E-state index contributed by atoms with van der Waals surface area (Å²) in [6, 6.07) is 8.76. The number of hydrogen-bond donors (Lipinski definition) is 1. The highest BCUT2D eigenvalue weighted by atomic mass is 35.5. The summed E-state index contributed by atoms with van der Waals surface area (Å²) >= 11 is 0. The van der Waals surface area contributed by atoms with Gasteiger partial charge in [-0.25, -0.2) is 8.78 Å². The topological polar surface area (TPSA) is 53.7 Å². The van der Waals surface area contributed by atoms with Crippen molar-refractivity contribution in [3.63, 3.8) is 0 Å². The van der Waals surface area contributed by atoms with Crippen LogP contribution in [-0.2, 0) is 11.3 Å². The Balaban J connectivity index is 0.00000392. The van der Waals surface area contributed by atoms with Gasteiger partial charge in [0.05, 0.1) is 25.5 Å². The van der Waals surface area contributed by atoms with Gasteiger partial charge in [0.2, 0.25) is 0 Å². The molecule has 0 aliphatic heterocycles. The Labute approximate surface area is 171 Å². The minimum Gasteiger partial charge on any atom is -0.494 e. The van der Waals surface area contributed by atoms with Crippen molar-refractivity contribution < 1.29 is 23.0 Å². The van der Waals surface area contributed by atoms with Crippen LogP contribution in [0.5, 0.6) is 11.5 Å². The van der Waals surface area contributed by atoms with Crippen LogP contribution in [-0.4, -0.2) is 19.8 Å². The van der Waals surface area contributed by atoms with Gasteiger partial charge in [0.15, 0.2) is 0 Å². The first kappa shape index (κ1) is 24.0. The number of ether oxygens (including phenoxy) is 3. The van der Waals surface area contributed by atoms with E-state index in [9.17, 15) is 8.78 Å². The second-order valence-electron chi connectivity index (χ2n) is 6.25. The number of anilines is 1. The summed E-state index contributed by atoms with van der Waals surface area (Å²) in [5, 5.41) is 0. The second kappa shape index (κ2) is 13.2. The standard InChI is InChI=1S/C21H27F2NO3.ClH/c1-2-3-11-26-18-7-9-21(20(24)14-18)27-12-5-4-10-25-15-16-13-17(22)6-8-19(16)23;/h6-9,13-14H,2-5,10-12,15,24H2,1H3;1H. The molecule has 28 heavy (non-hydrogen) atoms. The predicted octanol–water partition coefficient (Wildman–Crippen LogP) is 5.52. The third-order valence-electron chi connectivity index (χ3n) is 3.95. The summed E-state index contributed by atoms with van der Waals surface area (Å²) in [4.78, 5) is 0. The number of halogens is 3. The van der Waals surface area contributed by atoms with Gasteiger partial charge in [0.25, 0.3) is 0 Å². The molecule has 0 aliphatic rings. The summed E-state index contributed by atoms with van der Waals surface area (Å²) in [5.41, 5.74) is 6.75. The number of nitrogens with two attached hydrogens (primary N) is 1. The zero-order valence-electron chi connectivity index (χ0n) is 16.1. The Morgan fingerprint density at radius 3 is 2.39 bits per heavy atom. The van der Waals surface area contributed by atoms with E-state index in [0.29, 0.717) is 31.3 Å². The largest absolute Gasteiger partial charge is 0.494 e. The molecule has 0 radical (unpaired) electrons. The van der Waals surface area contributed by atoms with Gasteiger partial charge in [0.1, 0.15) is 23.1 Å². The van der Waals surface area contributed by atoms with Gasteiger partial charge >= 0.3 is 0 Å². The fraction of sp³-hybridized carbons (Fsp3) is 0.429. The minimum atomic E-state index is -0.470. The summed E-state index contributed by atoms with van der Waals surface area (Å²) in [7, 11) is 0. The van der Waals surface area contributed by atoms with E-state index in [1.54, 1.807) is 12.1 Å². The highest BCUT2D eigenvalue weighted by molar-refractivity contribution is 5.85. The van der Waals surface area contributed by atoms with Crippen molar-refractivity contribution in [3.8, 4) is 11.5 Å². The lowest BCUT2D eigenvalue weighted by Crippen LogP contribution is -2.04. The number of rotatable bonds is 12. The van der Waals surface area contributed by atoms with Gasteiger partial charge < -0.3 is 19.9 Å². The number of nitrogen functional groups attached to an aromatic ring is 1. The van der Waals surface area contributed by atoms with Gasteiger partial charge in [-0.1, -0.05) is 13.3 Å². The van der Waals surface area contributed by atoms with E-state index in [4.69, 9.17) is 19.9 Å². The van der Waals surface area contributed by atoms with E-state index in [1.807, 2.05) is 6.07 Å². The van der Waals surface area contributed by atoms with Crippen LogP contribution < -0.4 is 15.2 Å². The molecule has 2 rings (SSSR count). The Morgan fingerprint density at radius 1 is 0.893 bits per heavy atom. The molecule has 0 heterocycles. The van der Waals surface area contributed by atoms with Crippen LogP contribution in [0, 0.1) is 11.6 Å². The summed E-state index contributed by atoms with van der Waals surface area (Å²) < 4.78 is 43.2. The normalized spacial score (nSPS) is 10.4. The summed E-state index contributed by atoms with van der Waals surface area (Å²) in [5.74, 6) is 0.437. The lowest BCUT2D eigenvalue weighted by Gasteiger charge is -2.11. The van der Waals surface area contributed by atoms with Crippen molar-refractivity contribution in [1.29, 1.82) is 0 Å². The van der Waals surface area contributed by atoms with Crippen molar-refractivity contribution in [3.05, 3.63) is 53.6 Å². The van der Waals surface area contributed by atoms with Crippen LogP contribution >= 0.6 is 12.4 Å².